The van der Waals surface area contributed by atoms with Gasteiger partial charge in [0.2, 0.25) is 0 Å². The predicted octanol–water partition coefficient (Wildman–Crippen LogP) is 1.84. The van der Waals surface area contributed by atoms with Crippen LogP contribution in [-0.4, -0.2) is 6.54 Å². The van der Waals surface area contributed by atoms with Crippen LogP contribution in [0, 0.1) is 0 Å². The molecule has 0 rings (SSSR count). The van der Waals surface area contributed by atoms with Crippen LogP contribution in [-0.2, 0) is 22.4 Å². The van der Waals surface area contributed by atoms with E-state index < -0.39 is 0 Å². The molecule has 6 heavy (non-hydrogen) atoms. The summed E-state index contributed by atoms with van der Waals surface area (Å²) in [4.78, 5) is 0. The van der Waals surface area contributed by atoms with Crippen molar-refractivity contribution in [1.82, 2.24) is 0 Å². The third kappa shape index (κ3) is 8.83. The zero-order chi connectivity index (χ0) is 4.12. The molecular formula is C4H10NTa-. The van der Waals surface area contributed by atoms with Crippen molar-refractivity contribution >= 4 is 0 Å². The fourth-order valence-electron chi connectivity index (χ4n) is 0.177. The Kier molecular flexibility index (Phi) is 15.1. The maximum Gasteiger partial charge on any atom is 0 e. The first-order valence-corrected chi connectivity index (χ1v) is 2.06. The molecule has 0 aliphatic carbocycles. The normalized spacial score (nSPS) is 7.00. The number of unbranched alkanes of at least 4 members (excludes halogenated alkanes) is 1. The molecule has 1 nitrogen and oxygen atoms in total. The average molecular weight is 253 g/mol. The molecule has 1 radical (unpaired) electrons. The maximum atomic E-state index is 6.60. The third-order valence-corrected chi connectivity index (χ3v) is 0.530. The fourth-order valence-corrected chi connectivity index (χ4v) is 0.177. The summed E-state index contributed by atoms with van der Waals surface area (Å²) in [6.07, 6.45) is 2.21. The van der Waals surface area contributed by atoms with Crippen molar-refractivity contribution in [2.75, 3.05) is 6.54 Å². The van der Waals surface area contributed by atoms with Crippen molar-refractivity contribution in [3.63, 3.8) is 0 Å². The fraction of sp³-hybridized carbons (Fsp3) is 1.00. The first-order chi connectivity index (χ1) is 2.41. The molecule has 0 aliphatic rings. The van der Waals surface area contributed by atoms with Crippen LogP contribution in [0.1, 0.15) is 19.8 Å². The largest absolute Gasteiger partial charge is 0.677 e. The van der Waals surface area contributed by atoms with Gasteiger partial charge in [-0.2, -0.15) is 6.54 Å². The van der Waals surface area contributed by atoms with Gasteiger partial charge in [0.15, 0.2) is 0 Å². The Morgan fingerprint density at radius 3 is 2.00 bits per heavy atom. The van der Waals surface area contributed by atoms with E-state index in [-0.39, 0.29) is 22.4 Å². The molecule has 0 aromatic rings. The molecule has 0 fully saturated rings. The van der Waals surface area contributed by atoms with Crippen LogP contribution in [0.25, 0.3) is 5.73 Å². The van der Waals surface area contributed by atoms with Crippen LogP contribution in [0.3, 0.4) is 0 Å². The van der Waals surface area contributed by atoms with Crippen LogP contribution < -0.4 is 0 Å². The second-order valence-corrected chi connectivity index (χ2v) is 1.10. The summed E-state index contributed by atoms with van der Waals surface area (Å²) >= 11 is 0. The number of hydrogen-bond acceptors (Lipinski definition) is 0. The van der Waals surface area contributed by atoms with Crippen LogP contribution in [0.5, 0.6) is 0 Å². The van der Waals surface area contributed by atoms with Crippen LogP contribution in [0.15, 0.2) is 0 Å². The van der Waals surface area contributed by atoms with Crippen LogP contribution in [0.4, 0.5) is 0 Å². The molecule has 2 heteroatoms. The molecule has 1 N–H and O–H groups in total. The minimum Gasteiger partial charge on any atom is -0.677 e. The summed E-state index contributed by atoms with van der Waals surface area (Å²) in [5, 5.41) is 0. The smallest absolute Gasteiger partial charge is 0 e. The Morgan fingerprint density at radius 2 is 2.00 bits per heavy atom. The Labute approximate surface area is 54.8 Å². The van der Waals surface area contributed by atoms with E-state index in [1.54, 1.807) is 0 Å². The van der Waals surface area contributed by atoms with E-state index in [1.165, 1.54) is 0 Å². The van der Waals surface area contributed by atoms with Gasteiger partial charge >= 0.3 is 0 Å². The van der Waals surface area contributed by atoms with E-state index in [2.05, 4.69) is 6.92 Å². The second-order valence-electron chi connectivity index (χ2n) is 1.10. The van der Waals surface area contributed by atoms with Crippen molar-refractivity contribution in [3.8, 4) is 0 Å². The molecular weight excluding hydrogens is 243 g/mol. The third-order valence-electron chi connectivity index (χ3n) is 0.530. The topological polar surface area (TPSA) is 23.8 Å². The van der Waals surface area contributed by atoms with E-state index in [9.17, 15) is 0 Å². The van der Waals surface area contributed by atoms with Crippen molar-refractivity contribution in [3.05, 3.63) is 5.73 Å². The number of hydrogen-bond donors (Lipinski definition) is 0. The van der Waals surface area contributed by atoms with Crippen LogP contribution >= 0.6 is 0 Å². The predicted molar refractivity (Wildman–Crippen MR) is 24.1 cm³/mol. The second kappa shape index (κ2) is 9.20. The summed E-state index contributed by atoms with van der Waals surface area (Å²) in [6, 6.07) is 0. The Balaban J connectivity index is 0. The Morgan fingerprint density at radius 1 is 1.50 bits per heavy atom. The van der Waals surface area contributed by atoms with Gasteiger partial charge in [0.1, 0.15) is 0 Å². The molecule has 0 heterocycles. The van der Waals surface area contributed by atoms with Gasteiger partial charge in [0.05, 0.1) is 0 Å². The molecule has 0 spiro atoms. The molecule has 0 saturated carbocycles. The molecule has 37 valence electrons. The van der Waals surface area contributed by atoms with Crippen molar-refractivity contribution in [2.24, 2.45) is 0 Å². The van der Waals surface area contributed by atoms with Gasteiger partial charge in [0.25, 0.3) is 0 Å². The molecule has 0 aromatic heterocycles. The molecule has 0 saturated heterocycles. The Bertz CT molecular complexity index is 15.0. The van der Waals surface area contributed by atoms with Crippen molar-refractivity contribution in [1.29, 1.82) is 0 Å². The van der Waals surface area contributed by atoms with E-state index in [0.29, 0.717) is 6.54 Å². The minimum atomic E-state index is 0. The first-order valence-electron chi connectivity index (χ1n) is 2.06. The van der Waals surface area contributed by atoms with E-state index in [0.717, 1.165) is 12.8 Å². The summed E-state index contributed by atoms with van der Waals surface area (Å²) in [5.74, 6) is 0. The molecule has 0 aliphatic heterocycles. The standard InChI is InChI=1S/C4H10N.Ta/c1-2-3-4-5;/h5H,2-4H2,1H3;/q-1;. The van der Waals surface area contributed by atoms with Crippen LogP contribution in [0.2, 0.25) is 0 Å². The molecule has 0 aromatic carbocycles. The van der Waals surface area contributed by atoms with Crippen molar-refractivity contribution in [2.45, 2.75) is 19.8 Å². The van der Waals surface area contributed by atoms with Gasteiger partial charge in [-0.1, -0.05) is 19.8 Å². The van der Waals surface area contributed by atoms with E-state index >= 15 is 0 Å². The van der Waals surface area contributed by atoms with Gasteiger partial charge in [0, 0.05) is 22.4 Å². The summed E-state index contributed by atoms with van der Waals surface area (Å²) in [5.41, 5.74) is 6.60. The molecule has 0 amide bonds. The average Bonchev–Trinajstić information content (AvgIpc) is 1.41. The monoisotopic (exact) mass is 253 g/mol. The minimum absolute atomic E-state index is 0. The van der Waals surface area contributed by atoms with Gasteiger partial charge < -0.3 is 5.73 Å². The van der Waals surface area contributed by atoms with Gasteiger partial charge in [-0.05, 0) is 0 Å². The van der Waals surface area contributed by atoms with E-state index in [4.69, 9.17) is 5.73 Å². The summed E-state index contributed by atoms with van der Waals surface area (Å²) in [7, 11) is 0. The summed E-state index contributed by atoms with van der Waals surface area (Å²) in [6.45, 7) is 2.69. The maximum absolute atomic E-state index is 6.60. The van der Waals surface area contributed by atoms with Crippen molar-refractivity contribution < 1.29 is 22.4 Å². The van der Waals surface area contributed by atoms with Gasteiger partial charge in [-0.3, -0.25) is 0 Å². The molecule has 0 atom stereocenters. The zero-order valence-corrected chi connectivity index (χ0v) is 7.28. The first kappa shape index (κ1) is 9.85. The van der Waals surface area contributed by atoms with Gasteiger partial charge in [-0.25, -0.2) is 0 Å². The van der Waals surface area contributed by atoms with E-state index in [1.807, 2.05) is 0 Å². The Hall–Kier alpha value is 0.700. The number of rotatable bonds is 2. The molecule has 0 unspecified atom stereocenters. The number of nitrogens with one attached hydrogen (secondary N) is 1. The molecule has 0 bridgehead atoms. The quantitative estimate of drug-likeness (QED) is 0.717. The zero-order valence-electron chi connectivity index (χ0n) is 4.07. The summed E-state index contributed by atoms with van der Waals surface area (Å²) < 4.78 is 0. The SMILES string of the molecule is CCCC[NH-].[Ta]. The van der Waals surface area contributed by atoms with Gasteiger partial charge in [-0.15, -0.1) is 0 Å².